The minimum absolute atomic E-state index is 0. The topological polar surface area (TPSA) is 66.0 Å². The molecule has 2 N–H and O–H groups in total. The van der Waals surface area contributed by atoms with Crippen molar-refractivity contribution in [3.05, 3.63) is 30.3 Å². The maximum Gasteiger partial charge on any atom is 0.191 e. The molecule has 2 saturated heterocycles. The van der Waals surface area contributed by atoms with Crippen molar-refractivity contribution in [2.24, 2.45) is 10.9 Å². The Morgan fingerprint density at radius 1 is 1.25 bits per heavy atom. The van der Waals surface area contributed by atoms with Crippen LogP contribution in [0.4, 0.5) is 0 Å². The van der Waals surface area contributed by atoms with E-state index in [-0.39, 0.29) is 24.0 Å². The number of ether oxygens (including phenoxy) is 1. The highest BCUT2D eigenvalue weighted by molar-refractivity contribution is 14.0. The lowest BCUT2D eigenvalue weighted by Gasteiger charge is -2.34. The first-order chi connectivity index (χ1) is 13.2. The Morgan fingerprint density at radius 2 is 2.00 bits per heavy atom. The lowest BCUT2D eigenvalue weighted by atomic mass is 10.0. The minimum atomic E-state index is -0.978. The van der Waals surface area contributed by atoms with Gasteiger partial charge in [-0.3, -0.25) is 9.20 Å². The van der Waals surface area contributed by atoms with E-state index in [1.807, 2.05) is 30.3 Å². The zero-order valence-corrected chi connectivity index (χ0v) is 19.8. The van der Waals surface area contributed by atoms with Gasteiger partial charge in [-0.15, -0.1) is 24.0 Å². The van der Waals surface area contributed by atoms with Gasteiger partial charge in [0.15, 0.2) is 5.96 Å². The minimum Gasteiger partial charge on any atom is -0.381 e. The molecule has 1 aromatic carbocycles. The molecule has 0 spiro atoms. The second kappa shape index (κ2) is 12.8. The van der Waals surface area contributed by atoms with Gasteiger partial charge in [0.1, 0.15) is 0 Å². The number of nitrogens with one attached hydrogen (secondary N) is 2. The molecule has 0 bridgehead atoms. The average Bonchev–Trinajstić information content (AvgIpc) is 3.22. The van der Waals surface area contributed by atoms with Crippen molar-refractivity contribution in [3.8, 4) is 0 Å². The standard InChI is InChI=1S/C20H32N4O2S.HI/c1-21-20(22-10-14-27(25)19-5-3-2-4-6-19)23-18-7-11-24(12-8-18)15-17-9-13-26-16-17;/h2-6,17-18H,7-16H2,1H3,(H2,21,22,23);1H. The van der Waals surface area contributed by atoms with Crippen LogP contribution in [0.5, 0.6) is 0 Å². The van der Waals surface area contributed by atoms with Gasteiger partial charge >= 0.3 is 0 Å². The van der Waals surface area contributed by atoms with E-state index in [2.05, 4.69) is 20.5 Å². The highest BCUT2D eigenvalue weighted by Crippen LogP contribution is 2.17. The second-order valence-corrected chi connectivity index (χ2v) is 8.88. The van der Waals surface area contributed by atoms with Crippen molar-refractivity contribution in [2.75, 3.05) is 52.2 Å². The number of piperidine rings is 1. The van der Waals surface area contributed by atoms with Crippen LogP contribution < -0.4 is 10.6 Å². The van der Waals surface area contributed by atoms with Gasteiger partial charge in [-0.1, -0.05) is 18.2 Å². The van der Waals surface area contributed by atoms with E-state index in [1.165, 1.54) is 13.0 Å². The maximum absolute atomic E-state index is 12.3. The van der Waals surface area contributed by atoms with Crippen LogP contribution in [0.1, 0.15) is 19.3 Å². The summed E-state index contributed by atoms with van der Waals surface area (Å²) >= 11 is 0. The van der Waals surface area contributed by atoms with Gasteiger partial charge in [-0.25, -0.2) is 0 Å². The van der Waals surface area contributed by atoms with E-state index in [4.69, 9.17) is 4.74 Å². The Hall–Kier alpha value is -0.710. The van der Waals surface area contributed by atoms with Gasteiger partial charge in [0.2, 0.25) is 0 Å². The van der Waals surface area contributed by atoms with Crippen LogP contribution in [0.2, 0.25) is 0 Å². The summed E-state index contributed by atoms with van der Waals surface area (Å²) in [6.07, 6.45) is 3.47. The van der Waals surface area contributed by atoms with Crippen LogP contribution in [0, 0.1) is 5.92 Å². The molecule has 28 heavy (non-hydrogen) atoms. The highest BCUT2D eigenvalue weighted by atomic mass is 127. The van der Waals surface area contributed by atoms with E-state index < -0.39 is 10.8 Å². The molecule has 2 atom stereocenters. The van der Waals surface area contributed by atoms with E-state index >= 15 is 0 Å². The molecule has 0 amide bonds. The number of rotatable bonds is 7. The summed E-state index contributed by atoms with van der Waals surface area (Å²) in [6.45, 7) is 5.93. The number of hydrogen-bond acceptors (Lipinski definition) is 4. The summed E-state index contributed by atoms with van der Waals surface area (Å²) in [5.41, 5.74) is 0. The van der Waals surface area contributed by atoms with Gasteiger partial charge in [-0.2, -0.15) is 0 Å². The number of hydrogen-bond donors (Lipinski definition) is 2. The number of benzene rings is 1. The molecule has 2 aliphatic rings. The van der Waals surface area contributed by atoms with Crippen LogP contribution >= 0.6 is 24.0 Å². The molecule has 158 valence electrons. The van der Waals surface area contributed by atoms with E-state index in [9.17, 15) is 4.21 Å². The number of nitrogens with zero attached hydrogens (tertiary/aromatic N) is 2. The first kappa shape index (κ1) is 23.6. The van der Waals surface area contributed by atoms with Gasteiger partial charge in [0.25, 0.3) is 0 Å². The lowest BCUT2D eigenvalue weighted by Crippen LogP contribution is -2.49. The summed E-state index contributed by atoms with van der Waals surface area (Å²) in [7, 11) is 0.812. The van der Waals surface area contributed by atoms with Gasteiger partial charge in [-0.05, 0) is 37.3 Å². The van der Waals surface area contributed by atoms with Crippen LogP contribution in [0.3, 0.4) is 0 Å². The van der Waals surface area contributed by atoms with E-state index in [1.54, 1.807) is 7.05 Å². The van der Waals surface area contributed by atoms with Gasteiger partial charge in [0, 0.05) is 56.5 Å². The predicted molar refractivity (Wildman–Crippen MR) is 126 cm³/mol. The summed E-state index contributed by atoms with van der Waals surface area (Å²) in [6, 6.07) is 10.1. The fourth-order valence-electron chi connectivity index (χ4n) is 3.69. The number of likely N-dealkylation sites (tertiary alicyclic amines) is 1. The third-order valence-electron chi connectivity index (χ3n) is 5.28. The van der Waals surface area contributed by atoms with Crippen molar-refractivity contribution in [1.29, 1.82) is 0 Å². The largest absolute Gasteiger partial charge is 0.381 e. The molecule has 8 heteroatoms. The molecule has 6 nitrogen and oxygen atoms in total. The number of aliphatic imine (C=N–C) groups is 1. The fourth-order valence-corrected chi connectivity index (χ4v) is 4.68. The molecule has 0 aliphatic carbocycles. The smallest absolute Gasteiger partial charge is 0.191 e. The third kappa shape index (κ3) is 7.61. The lowest BCUT2D eigenvalue weighted by molar-refractivity contribution is 0.150. The van der Waals surface area contributed by atoms with Gasteiger partial charge in [0.05, 0.1) is 17.4 Å². The molecule has 0 aromatic heterocycles. The molecular weight excluding hydrogens is 487 g/mol. The second-order valence-electron chi connectivity index (χ2n) is 7.31. The Kier molecular flexibility index (Phi) is 10.7. The zero-order chi connectivity index (χ0) is 18.9. The average molecular weight is 520 g/mol. The van der Waals surface area contributed by atoms with Crippen LogP contribution in [0.15, 0.2) is 40.2 Å². The van der Waals surface area contributed by atoms with Crippen molar-refractivity contribution in [2.45, 2.75) is 30.2 Å². The Morgan fingerprint density at radius 3 is 2.64 bits per heavy atom. The SMILES string of the molecule is CN=C(NCCS(=O)c1ccccc1)NC1CCN(CC2CCOC2)CC1.I. The summed E-state index contributed by atoms with van der Waals surface area (Å²) < 4.78 is 17.8. The van der Waals surface area contributed by atoms with Crippen molar-refractivity contribution < 1.29 is 8.95 Å². The molecule has 3 rings (SSSR count). The van der Waals surface area contributed by atoms with Crippen molar-refractivity contribution in [3.63, 3.8) is 0 Å². The molecule has 0 radical (unpaired) electrons. The van der Waals surface area contributed by atoms with Crippen LogP contribution in [-0.2, 0) is 15.5 Å². The Balaban J connectivity index is 0.00000280. The quantitative estimate of drug-likeness (QED) is 0.328. The monoisotopic (exact) mass is 520 g/mol. The van der Waals surface area contributed by atoms with E-state index in [0.717, 1.165) is 55.9 Å². The number of halogens is 1. The van der Waals surface area contributed by atoms with Crippen molar-refractivity contribution in [1.82, 2.24) is 15.5 Å². The van der Waals surface area contributed by atoms with Crippen LogP contribution in [0.25, 0.3) is 0 Å². The zero-order valence-electron chi connectivity index (χ0n) is 16.6. The molecule has 2 fully saturated rings. The molecular formula is C20H33IN4O2S. The predicted octanol–water partition coefficient (Wildman–Crippen LogP) is 2.08. The maximum atomic E-state index is 12.3. The molecule has 1 aromatic rings. The highest BCUT2D eigenvalue weighted by Gasteiger charge is 2.24. The first-order valence-electron chi connectivity index (χ1n) is 9.95. The summed E-state index contributed by atoms with van der Waals surface area (Å²) in [5.74, 6) is 2.10. The van der Waals surface area contributed by atoms with Crippen molar-refractivity contribution >= 4 is 40.7 Å². The Bertz CT molecular complexity index is 618. The third-order valence-corrected chi connectivity index (χ3v) is 6.65. The normalized spacial score (nSPS) is 22.5. The summed E-state index contributed by atoms with van der Waals surface area (Å²) in [5, 5.41) is 6.82. The molecule has 0 saturated carbocycles. The van der Waals surface area contributed by atoms with E-state index in [0.29, 0.717) is 18.3 Å². The van der Waals surface area contributed by atoms with Gasteiger partial charge < -0.3 is 20.3 Å². The molecule has 2 aliphatic heterocycles. The summed E-state index contributed by atoms with van der Waals surface area (Å²) in [4.78, 5) is 7.76. The molecule has 2 unspecified atom stereocenters. The molecule has 2 heterocycles. The van der Waals surface area contributed by atoms with Crippen LogP contribution in [-0.4, -0.2) is 73.3 Å². The number of guanidine groups is 1. The fraction of sp³-hybridized carbons (Fsp3) is 0.650. The first-order valence-corrected chi connectivity index (χ1v) is 11.3. The Labute approximate surface area is 188 Å².